The maximum atomic E-state index is 5.41. The van der Waals surface area contributed by atoms with Crippen molar-refractivity contribution in [3.63, 3.8) is 0 Å². The van der Waals surface area contributed by atoms with Crippen molar-refractivity contribution < 1.29 is 0 Å². The van der Waals surface area contributed by atoms with Gasteiger partial charge in [0.15, 0.2) is 5.11 Å². The van der Waals surface area contributed by atoms with E-state index >= 15 is 0 Å². The Balaban J connectivity index is 1.54. The average molecular weight is 340 g/mol. The lowest BCUT2D eigenvalue weighted by molar-refractivity contribution is 0.573. The van der Waals surface area contributed by atoms with Crippen LogP contribution in [-0.2, 0) is 0 Å². The molecule has 3 rings (SSSR count). The zero-order valence-electron chi connectivity index (χ0n) is 14.0. The highest BCUT2D eigenvalue weighted by Crippen LogP contribution is 2.19. The minimum absolute atomic E-state index is 0.159. The Morgan fingerprint density at radius 3 is 2.50 bits per heavy atom. The van der Waals surface area contributed by atoms with E-state index in [2.05, 4.69) is 45.6 Å². The summed E-state index contributed by atoms with van der Waals surface area (Å²) in [7, 11) is 0. The fraction of sp³-hybridized carbons (Fsp3) is 0.368. The lowest BCUT2D eigenvalue weighted by Crippen LogP contribution is -2.31. The zero-order chi connectivity index (χ0) is 16.8. The predicted molar refractivity (Wildman–Crippen MR) is 105 cm³/mol. The second kappa shape index (κ2) is 8.11. The summed E-state index contributed by atoms with van der Waals surface area (Å²) in [6, 6.07) is 14.5. The molecule has 2 aromatic rings. The topological polar surface area (TPSA) is 40.2 Å². The normalized spacial score (nSPS) is 15.6. The van der Waals surface area contributed by atoms with Gasteiger partial charge in [0.05, 0.1) is 17.9 Å². The van der Waals surface area contributed by atoms with Crippen molar-refractivity contribution in [2.24, 2.45) is 0 Å². The third-order valence-corrected chi connectivity index (χ3v) is 4.55. The Morgan fingerprint density at radius 2 is 1.83 bits per heavy atom. The fourth-order valence-electron chi connectivity index (χ4n) is 2.96. The third-order valence-electron chi connectivity index (χ3n) is 4.33. The molecule has 0 radical (unpaired) electrons. The van der Waals surface area contributed by atoms with E-state index < -0.39 is 0 Å². The van der Waals surface area contributed by atoms with Gasteiger partial charge in [-0.3, -0.25) is 0 Å². The Bertz CT molecular complexity index is 651. The van der Waals surface area contributed by atoms with Crippen molar-refractivity contribution in [1.82, 2.24) is 10.3 Å². The minimum atomic E-state index is 0.159. The lowest BCUT2D eigenvalue weighted by atomic mass is 10.1. The summed E-state index contributed by atoms with van der Waals surface area (Å²) in [5, 5.41) is 7.13. The van der Waals surface area contributed by atoms with Crippen molar-refractivity contribution in [1.29, 1.82) is 0 Å². The van der Waals surface area contributed by atoms with Gasteiger partial charge >= 0.3 is 0 Å². The van der Waals surface area contributed by atoms with Crippen molar-refractivity contribution in [3.05, 3.63) is 54.2 Å². The van der Waals surface area contributed by atoms with Crippen molar-refractivity contribution >= 4 is 28.8 Å². The van der Waals surface area contributed by atoms with Gasteiger partial charge < -0.3 is 15.5 Å². The number of benzene rings is 1. The predicted octanol–water partition coefficient (Wildman–Crippen LogP) is 4.12. The van der Waals surface area contributed by atoms with Crippen LogP contribution in [0.2, 0.25) is 0 Å². The van der Waals surface area contributed by atoms with Gasteiger partial charge in [-0.15, -0.1) is 0 Å². The number of nitrogens with zero attached hydrogens (tertiary/aromatic N) is 2. The highest BCUT2D eigenvalue weighted by Gasteiger charge is 2.12. The van der Waals surface area contributed by atoms with Crippen LogP contribution in [0, 0.1) is 0 Å². The van der Waals surface area contributed by atoms with Crippen LogP contribution < -0.4 is 15.5 Å². The number of rotatable bonds is 4. The maximum absolute atomic E-state index is 5.41. The Kier molecular flexibility index (Phi) is 5.64. The van der Waals surface area contributed by atoms with E-state index in [0.29, 0.717) is 5.11 Å². The summed E-state index contributed by atoms with van der Waals surface area (Å²) in [6.07, 6.45) is 5.70. The van der Waals surface area contributed by atoms with E-state index in [9.17, 15) is 0 Å². The Morgan fingerprint density at radius 1 is 1.08 bits per heavy atom. The molecule has 2 N–H and O–H groups in total. The largest absolute Gasteiger partial charge is 0.357 e. The number of hydrogen-bond acceptors (Lipinski definition) is 3. The second-order valence-corrected chi connectivity index (χ2v) is 6.59. The molecule has 4 nitrogen and oxygen atoms in total. The van der Waals surface area contributed by atoms with Crippen LogP contribution in [0.3, 0.4) is 0 Å². The molecule has 5 heteroatoms. The Hall–Kier alpha value is -2.14. The fourth-order valence-corrected chi connectivity index (χ4v) is 3.25. The summed E-state index contributed by atoms with van der Waals surface area (Å²) < 4.78 is 0. The summed E-state index contributed by atoms with van der Waals surface area (Å²) in [6.45, 7) is 4.31. The number of hydrogen-bond donors (Lipinski definition) is 2. The van der Waals surface area contributed by atoms with E-state index in [1.807, 2.05) is 30.5 Å². The van der Waals surface area contributed by atoms with E-state index in [1.54, 1.807) is 0 Å². The van der Waals surface area contributed by atoms with Gasteiger partial charge in [-0.2, -0.15) is 0 Å². The molecule has 2 heterocycles. The van der Waals surface area contributed by atoms with Gasteiger partial charge in [-0.1, -0.05) is 30.3 Å². The number of pyridine rings is 1. The number of piperidine rings is 1. The smallest absolute Gasteiger partial charge is 0.171 e. The van der Waals surface area contributed by atoms with Crippen LogP contribution in [0.4, 0.5) is 11.5 Å². The van der Waals surface area contributed by atoms with Crippen LogP contribution in [0.5, 0.6) is 0 Å². The molecule has 1 atom stereocenters. The molecule has 0 aliphatic carbocycles. The molecular formula is C19H24N4S. The zero-order valence-corrected chi connectivity index (χ0v) is 14.9. The lowest BCUT2D eigenvalue weighted by Gasteiger charge is -2.27. The van der Waals surface area contributed by atoms with Gasteiger partial charge in [-0.05, 0) is 56.1 Å². The van der Waals surface area contributed by atoms with E-state index in [-0.39, 0.29) is 6.04 Å². The SMILES string of the molecule is C[C@@H](NC(=S)Nc1ccc(N2CCCCC2)nc1)c1ccccc1. The monoisotopic (exact) mass is 340 g/mol. The quantitative estimate of drug-likeness (QED) is 0.819. The average Bonchev–Trinajstić information content (AvgIpc) is 2.64. The van der Waals surface area contributed by atoms with Crippen molar-refractivity contribution in [2.45, 2.75) is 32.2 Å². The third kappa shape index (κ3) is 4.45. The summed E-state index contributed by atoms with van der Waals surface area (Å²) in [5.41, 5.74) is 2.12. The van der Waals surface area contributed by atoms with Gasteiger partial charge in [0, 0.05) is 13.1 Å². The first-order valence-corrected chi connectivity index (χ1v) is 8.96. The Labute approximate surface area is 149 Å². The maximum Gasteiger partial charge on any atom is 0.171 e. The molecule has 1 aromatic carbocycles. The number of aromatic nitrogens is 1. The molecular weight excluding hydrogens is 316 g/mol. The molecule has 1 aliphatic rings. The first-order valence-electron chi connectivity index (χ1n) is 8.56. The summed E-state index contributed by atoms with van der Waals surface area (Å²) >= 11 is 5.41. The standard InChI is InChI=1S/C19H24N4S/c1-15(16-8-4-2-5-9-16)21-19(24)22-17-10-11-18(20-14-17)23-12-6-3-7-13-23/h2,4-5,8-11,14-15H,3,6-7,12-13H2,1H3,(H2,21,22,24)/t15-/m1/s1. The van der Waals surface area contributed by atoms with Crippen molar-refractivity contribution in [3.8, 4) is 0 Å². The van der Waals surface area contributed by atoms with Crippen LogP contribution in [0.25, 0.3) is 0 Å². The van der Waals surface area contributed by atoms with Gasteiger partial charge in [0.1, 0.15) is 5.82 Å². The molecule has 1 aliphatic heterocycles. The molecule has 0 amide bonds. The number of thiocarbonyl (C=S) groups is 1. The van der Waals surface area contributed by atoms with Crippen LogP contribution in [-0.4, -0.2) is 23.2 Å². The molecule has 0 spiro atoms. The molecule has 0 saturated carbocycles. The first kappa shape index (κ1) is 16.7. The molecule has 1 aromatic heterocycles. The van der Waals surface area contributed by atoms with E-state index in [0.717, 1.165) is 24.6 Å². The number of anilines is 2. The summed E-state index contributed by atoms with van der Waals surface area (Å²) in [5.74, 6) is 1.05. The molecule has 0 bridgehead atoms. The molecule has 24 heavy (non-hydrogen) atoms. The highest BCUT2D eigenvalue weighted by atomic mass is 32.1. The minimum Gasteiger partial charge on any atom is -0.357 e. The summed E-state index contributed by atoms with van der Waals surface area (Å²) in [4.78, 5) is 6.92. The molecule has 126 valence electrons. The van der Waals surface area contributed by atoms with Gasteiger partial charge in [0.25, 0.3) is 0 Å². The highest BCUT2D eigenvalue weighted by molar-refractivity contribution is 7.80. The van der Waals surface area contributed by atoms with Crippen LogP contribution in [0.1, 0.15) is 37.8 Å². The van der Waals surface area contributed by atoms with E-state index in [4.69, 9.17) is 12.2 Å². The second-order valence-electron chi connectivity index (χ2n) is 6.18. The van der Waals surface area contributed by atoms with Crippen molar-refractivity contribution in [2.75, 3.05) is 23.3 Å². The van der Waals surface area contributed by atoms with Crippen LogP contribution >= 0.6 is 12.2 Å². The van der Waals surface area contributed by atoms with Gasteiger partial charge in [0.2, 0.25) is 0 Å². The van der Waals surface area contributed by atoms with E-state index in [1.165, 1.54) is 24.8 Å². The first-order chi connectivity index (χ1) is 11.7. The van der Waals surface area contributed by atoms with Gasteiger partial charge in [-0.25, -0.2) is 4.98 Å². The van der Waals surface area contributed by atoms with Crippen LogP contribution in [0.15, 0.2) is 48.7 Å². The number of nitrogens with one attached hydrogen (secondary N) is 2. The molecule has 1 fully saturated rings. The molecule has 0 unspecified atom stereocenters. The molecule has 1 saturated heterocycles.